The molecule has 1 fully saturated rings. The molecule has 3 aromatic rings. The van der Waals surface area contributed by atoms with Crippen molar-refractivity contribution in [3.63, 3.8) is 0 Å². The van der Waals surface area contributed by atoms with E-state index in [1.54, 1.807) is 10.9 Å². The molecule has 4 heterocycles. The second-order valence-corrected chi connectivity index (χ2v) is 6.40. The Balaban J connectivity index is 1.41. The smallest absolute Gasteiger partial charge is 0.175 e. The van der Waals surface area contributed by atoms with Gasteiger partial charge in [-0.05, 0) is 37.3 Å². The molecule has 0 bridgehead atoms. The Labute approximate surface area is 150 Å². The summed E-state index contributed by atoms with van der Waals surface area (Å²) in [4.78, 5) is 8.87. The summed E-state index contributed by atoms with van der Waals surface area (Å²) in [6.45, 7) is 5.47. The number of aryl methyl sites for hydroxylation is 1. The first-order valence-electron chi connectivity index (χ1n) is 8.17. The van der Waals surface area contributed by atoms with Crippen LogP contribution in [0.2, 0.25) is 5.02 Å². The molecule has 0 atom stereocenters. The molecular weight excluding hydrogens is 338 g/mol. The fourth-order valence-corrected chi connectivity index (χ4v) is 2.98. The highest BCUT2D eigenvalue weighted by Gasteiger charge is 2.19. The van der Waals surface area contributed by atoms with E-state index < -0.39 is 0 Å². The molecule has 7 nitrogen and oxygen atoms in total. The van der Waals surface area contributed by atoms with E-state index in [9.17, 15) is 0 Å². The molecule has 1 aliphatic rings. The van der Waals surface area contributed by atoms with Gasteiger partial charge in [-0.1, -0.05) is 11.6 Å². The van der Waals surface area contributed by atoms with E-state index in [1.807, 2.05) is 43.5 Å². The molecule has 0 spiro atoms. The normalized spacial score (nSPS) is 14.8. The monoisotopic (exact) mass is 355 g/mol. The van der Waals surface area contributed by atoms with Gasteiger partial charge in [0.25, 0.3) is 0 Å². The Morgan fingerprint density at radius 2 is 1.48 bits per heavy atom. The Hall–Kier alpha value is -2.67. The van der Waals surface area contributed by atoms with Gasteiger partial charge in [-0.3, -0.25) is 0 Å². The Morgan fingerprint density at radius 3 is 2.04 bits per heavy atom. The first kappa shape index (κ1) is 15.8. The summed E-state index contributed by atoms with van der Waals surface area (Å²) in [7, 11) is 0. The number of pyridine rings is 1. The number of aromatic nitrogens is 5. The molecule has 8 heteroatoms. The average molecular weight is 356 g/mol. The van der Waals surface area contributed by atoms with E-state index >= 15 is 0 Å². The summed E-state index contributed by atoms with van der Waals surface area (Å²) in [5.41, 5.74) is 0.956. The summed E-state index contributed by atoms with van der Waals surface area (Å²) in [6, 6.07) is 9.72. The first-order chi connectivity index (χ1) is 12.2. The molecule has 0 aromatic carbocycles. The second-order valence-electron chi connectivity index (χ2n) is 5.96. The number of halogens is 1. The summed E-state index contributed by atoms with van der Waals surface area (Å²) < 4.78 is 1.73. The lowest BCUT2D eigenvalue weighted by Crippen LogP contribution is -2.47. The van der Waals surface area contributed by atoms with Crippen molar-refractivity contribution in [3.05, 3.63) is 53.4 Å². The van der Waals surface area contributed by atoms with Crippen LogP contribution in [0.5, 0.6) is 0 Å². The van der Waals surface area contributed by atoms with Gasteiger partial charge < -0.3 is 9.80 Å². The van der Waals surface area contributed by atoms with E-state index in [-0.39, 0.29) is 0 Å². The van der Waals surface area contributed by atoms with Gasteiger partial charge in [0.15, 0.2) is 11.6 Å². The number of rotatable bonds is 3. The van der Waals surface area contributed by atoms with Gasteiger partial charge in [-0.15, -0.1) is 10.2 Å². The average Bonchev–Trinajstić information content (AvgIpc) is 3.09. The van der Waals surface area contributed by atoms with Crippen LogP contribution in [0.25, 0.3) is 5.82 Å². The predicted molar refractivity (Wildman–Crippen MR) is 97.6 cm³/mol. The van der Waals surface area contributed by atoms with E-state index in [4.69, 9.17) is 11.6 Å². The maximum Gasteiger partial charge on any atom is 0.175 e. The van der Waals surface area contributed by atoms with Gasteiger partial charge in [-0.2, -0.15) is 5.10 Å². The molecule has 0 N–H and O–H groups in total. The lowest BCUT2D eigenvalue weighted by atomic mass is 10.3. The van der Waals surface area contributed by atoms with E-state index in [2.05, 4.69) is 30.1 Å². The van der Waals surface area contributed by atoms with Crippen molar-refractivity contribution in [1.29, 1.82) is 0 Å². The lowest BCUT2D eigenvalue weighted by Gasteiger charge is -2.35. The molecule has 3 aromatic heterocycles. The third kappa shape index (κ3) is 3.41. The van der Waals surface area contributed by atoms with Gasteiger partial charge >= 0.3 is 0 Å². The van der Waals surface area contributed by atoms with Crippen LogP contribution in [-0.4, -0.2) is 51.1 Å². The minimum absolute atomic E-state index is 0.658. The fourth-order valence-electron chi connectivity index (χ4n) is 2.87. The maximum absolute atomic E-state index is 5.90. The molecule has 0 aliphatic carbocycles. The van der Waals surface area contributed by atoms with Crippen LogP contribution in [0.15, 0.2) is 42.7 Å². The van der Waals surface area contributed by atoms with Crippen LogP contribution in [0, 0.1) is 6.92 Å². The molecule has 0 saturated carbocycles. The first-order valence-corrected chi connectivity index (χ1v) is 8.55. The van der Waals surface area contributed by atoms with Crippen molar-refractivity contribution in [2.45, 2.75) is 6.92 Å². The van der Waals surface area contributed by atoms with Crippen LogP contribution in [0.1, 0.15) is 5.69 Å². The highest BCUT2D eigenvalue weighted by Crippen LogP contribution is 2.19. The van der Waals surface area contributed by atoms with Crippen molar-refractivity contribution < 1.29 is 0 Å². The number of nitrogens with zero attached hydrogens (tertiary/aromatic N) is 7. The predicted octanol–water partition coefficient (Wildman–Crippen LogP) is 2.35. The van der Waals surface area contributed by atoms with Gasteiger partial charge in [0.2, 0.25) is 0 Å². The minimum atomic E-state index is 0.658. The van der Waals surface area contributed by atoms with Crippen molar-refractivity contribution in [3.8, 4) is 5.82 Å². The van der Waals surface area contributed by atoms with Crippen molar-refractivity contribution in [2.75, 3.05) is 36.0 Å². The number of hydrogen-bond acceptors (Lipinski definition) is 6. The van der Waals surface area contributed by atoms with Crippen LogP contribution < -0.4 is 9.80 Å². The molecular formula is C17H18ClN7. The quantitative estimate of drug-likeness (QED) is 0.718. The minimum Gasteiger partial charge on any atom is -0.353 e. The standard InChI is InChI=1S/C17H18ClN7/c1-13-6-7-25(22-13)17-5-4-16(20-21-17)24-10-8-23(9-11-24)15-3-2-14(18)12-19-15/h2-7,12H,8-11H2,1H3. The fraction of sp³-hybridized carbons (Fsp3) is 0.294. The maximum atomic E-state index is 5.90. The summed E-state index contributed by atoms with van der Waals surface area (Å²) in [5.74, 6) is 2.57. The third-order valence-corrected chi connectivity index (χ3v) is 4.46. The summed E-state index contributed by atoms with van der Waals surface area (Å²) >= 11 is 5.90. The molecule has 0 radical (unpaired) electrons. The number of anilines is 2. The molecule has 1 saturated heterocycles. The molecule has 4 rings (SSSR count). The zero-order valence-corrected chi connectivity index (χ0v) is 14.6. The van der Waals surface area contributed by atoms with Gasteiger partial charge in [0.05, 0.1) is 10.7 Å². The van der Waals surface area contributed by atoms with E-state index in [0.717, 1.165) is 49.3 Å². The molecule has 0 amide bonds. The Bertz CT molecular complexity index is 836. The van der Waals surface area contributed by atoms with Gasteiger partial charge in [0, 0.05) is 38.6 Å². The van der Waals surface area contributed by atoms with E-state index in [0.29, 0.717) is 5.02 Å². The zero-order chi connectivity index (χ0) is 17.2. The molecule has 128 valence electrons. The van der Waals surface area contributed by atoms with Crippen molar-refractivity contribution in [2.24, 2.45) is 0 Å². The topological polar surface area (TPSA) is 63.0 Å². The van der Waals surface area contributed by atoms with Crippen LogP contribution in [0.3, 0.4) is 0 Å². The van der Waals surface area contributed by atoms with Crippen LogP contribution in [0.4, 0.5) is 11.6 Å². The van der Waals surface area contributed by atoms with Crippen LogP contribution >= 0.6 is 11.6 Å². The SMILES string of the molecule is Cc1ccn(-c2ccc(N3CCN(c4ccc(Cl)cn4)CC3)nn2)n1. The molecule has 1 aliphatic heterocycles. The number of hydrogen-bond donors (Lipinski definition) is 0. The van der Waals surface area contributed by atoms with Crippen molar-refractivity contribution >= 4 is 23.2 Å². The van der Waals surface area contributed by atoms with Crippen molar-refractivity contribution in [1.82, 2.24) is 25.0 Å². The highest BCUT2D eigenvalue weighted by atomic mass is 35.5. The van der Waals surface area contributed by atoms with Gasteiger partial charge in [0.1, 0.15) is 5.82 Å². The lowest BCUT2D eigenvalue weighted by molar-refractivity contribution is 0.637. The Kier molecular flexibility index (Phi) is 4.23. The number of piperazine rings is 1. The van der Waals surface area contributed by atoms with E-state index in [1.165, 1.54) is 0 Å². The zero-order valence-electron chi connectivity index (χ0n) is 13.9. The summed E-state index contributed by atoms with van der Waals surface area (Å²) in [5, 5.41) is 13.7. The second kappa shape index (κ2) is 6.68. The highest BCUT2D eigenvalue weighted by molar-refractivity contribution is 6.30. The molecule has 0 unspecified atom stereocenters. The summed E-state index contributed by atoms with van der Waals surface area (Å²) in [6.07, 6.45) is 3.57. The van der Waals surface area contributed by atoms with Crippen LogP contribution in [-0.2, 0) is 0 Å². The Morgan fingerprint density at radius 1 is 0.840 bits per heavy atom. The van der Waals surface area contributed by atoms with Gasteiger partial charge in [-0.25, -0.2) is 9.67 Å². The molecule has 25 heavy (non-hydrogen) atoms. The third-order valence-electron chi connectivity index (χ3n) is 4.23. The largest absolute Gasteiger partial charge is 0.353 e.